The van der Waals surface area contributed by atoms with Crippen molar-refractivity contribution in [1.29, 1.82) is 0 Å². The minimum atomic E-state index is 0.665. The summed E-state index contributed by atoms with van der Waals surface area (Å²) < 4.78 is 0. The number of rotatable bonds is 6. The van der Waals surface area contributed by atoms with Crippen molar-refractivity contribution in [2.24, 2.45) is 0 Å². The van der Waals surface area contributed by atoms with Gasteiger partial charge in [-0.2, -0.15) is 23.5 Å². The van der Waals surface area contributed by atoms with E-state index < -0.39 is 0 Å². The van der Waals surface area contributed by atoms with Gasteiger partial charge in [0.2, 0.25) is 0 Å². The normalized spacial score (nSPS) is 22.2. The maximum absolute atomic E-state index is 3.70. The highest BCUT2D eigenvalue weighted by Crippen LogP contribution is 2.28. The van der Waals surface area contributed by atoms with Gasteiger partial charge in [0.1, 0.15) is 0 Å². The molecule has 0 aliphatic carbocycles. The summed E-state index contributed by atoms with van der Waals surface area (Å²) in [7, 11) is 0. The van der Waals surface area contributed by atoms with E-state index in [9.17, 15) is 0 Å². The van der Waals surface area contributed by atoms with Gasteiger partial charge < -0.3 is 5.32 Å². The second-order valence-electron chi connectivity index (χ2n) is 4.01. The number of thioether (sulfide) groups is 2. The molecule has 0 bridgehead atoms. The SMILES string of the molecule is CC#CCCC(NCCC)C1CSCCS1. The molecule has 2 atom stereocenters. The monoisotopic (exact) mass is 257 g/mol. The summed E-state index contributed by atoms with van der Waals surface area (Å²) >= 11 is 4.26. The first-order valence-electron chi connectivity index (χ1n) is 6.20. The highest BCUT2D eigenvalue weighted by atomic mass is 32.2. The first-order valence-corrected chi connectivity index (χ1v) is 8.41. The zero-order valence-electron chi connectivity index (χ0n) is 10.4. The summed E-state index contributed by atoms with van der Waals surface area (Å²) in [4.78, 5) is 0. The predicted octanol–water partition coefficient (Wildman–Crippen LogP) is 3.01. The van der Waals surface area contributed by atoms with Crippen molar-refractivity contribution >= 4 is 23.5 Å². The predicted molar refractivity (Wildman–Crippen MR) is 78.3 cm³/mol. The van der Waals surface area contributed by atoms with Crippen molar-refractivity contribution in [2.45, 2.75) is 44.4 Å². The van der Waals surface area contributed by atoms with E-state index >= 15 is 0 Å². The van der Waals surface area contributed by atoms with Crippen molar-refractivity contribution in [3.05, 3.63) is 0 Å². The fourth-order valence-electron chi connectivity index (χ4n) is 1.84. The fourth-order valence-corrected chi connectivity index (χ4v) is 4.77. The Kier molecular flexibility index (Phi) is 8.28. The van der Waals surface area contributed by atoms with Gasteiger partial charge in [-0.15, -0.1) is 11.8 Å². The van der Waals surface area contributed by atoms with E-state index in [0.29, 0.717) is 6.04 Å². The Morgan fingerprint density at radius 3 is 2.94 bits per heavy atom. The second kappa shape index (κ2) is 9.27. The number of nitrogens with one attached hydrogen (secondary N) is 1. The van der Waals surface area contributed by atoms with Crippen LogP contribution in [0.1, 0.15) is 33.1 Å². The fraction of sp³-hybridized carbons (Fsp3) is 0.846. The lowest BCUT2D eigenvalue weighted by molar-refractivity contribution is 0.484. The molecule has 1 rings (SSSR count). The quantitative estimate of drug-likeness (QED) is 0.735. The molecule has 2 unspecified atom stereocenters. The average Bonchev–Trinajstić information content (AvgIpc) is 2.35. The molecule has 1 aliphatic heterocycles. The molecule has 92 valence electrons. The van der Waals surface area contributed by atoms with Crippen LogP contribution in [0.2, 0.25) is 0 Å². The smallest absolute Gasteiger partial charge is 0.0292 e. The zero-order valence-corrected chi connectivity index (χ0v) is 12.1. The Labute approximate surface area is 109 Å². The van der Waals surface area contributed by atoms with Gasteiger partial charge in [0, 0.05) is 35.0 Å². The third-order valence-electron chi connectivity index (χ3n) is 2.70. The van der Waals surface area contributed by atoms with Crippen LogP contribution in [0.4, 0.5) is 0 Å². The minimum Gasteiger partial charge on any atom is -0.313 e. The van der Waals surface area contributed by atoms with Gasteiger partial charge in [-0.1, -0.05) is 6.92 Å². The molecule has 1 N–H and O–H groups in total. The van der Waals surface area contributed by atoms with Gasteiger partial charge in [0.15, 0.2) is 0 Å². The summed E-state index contributed by atoms with van der Waals surface area (Å²) in [6.07, 6.45) is 3.47. The molecule has 0 aromatic heterocycles. The van der Waals surface area contributed by atoms with Crippen molar-refractivity contribution in [3.63, 3.8) is 0 Å². The summed E-state index contributed by atoms with van der Waals surface area (Å²) in [5.41, 5.74) is 0. The zero-order chi connectivity index (χ0) is 11.6. The largest absolute Gasteiger partial charge is 0.313 e. The van der Waals surface area contributed by atoms with E-state index in [1.54, 1.807) is 0 Å². The van der Waals surface area contributed by atoms with Crippen LogP contribution >= 0.6 is 23.5 Å². The Morgan fingerprint density at radius 1 is 1.44 bits per heavy atom. The van der Waals surface area contributed by atoms with Crippen molar-refractivity contribution in [3.8, 4) is 11.8 Å². The summed E-state index contributed by atoms with van der Waals surface area (Å²) in [6, 6.07) is 0.665. The number of hydrogen-bond donors (Lipinski definition) is 1. The molecule has 0 amide bonds. The van der Waals surface area contributed by atoms with Crippen molar-refractivity contribution in [2.75, 3.05) is 23.8 Å². The maximum atomic E-state index is 3.70. The van der Waals surface area contributed by atoms with E-state index in [2.05, 4.69) is 47.6 Å². The van der Waals surface area contributed by atoms with Crippen LogP contribution in [0, 0.1) is 11.8 Å². The standard InChI is InChI=1S/C13H23NS2/c1-3-5-6-7-12(14-8-4-2)13-11-15-9-10-16-13/h12-14H,4,6-11H2,1-2H3. The van der Waals surface area contributed by atoms with E-state index in [1.807, 2.05) is 6.92 Å². The molecule has 1 heterocycles. The topological polar surface area (TPSA) is 12.0 Å². The van der Waals surface area contributed by atoms with Crippen molar-refractivity contribution < 1.29 is 0 Å². The molecule has 0 radical (unpaired) electrons. The first-order chi connectivity index (χ1) is 7.88. The van der Waals surface area contributed by atoms with E-state index in [1.165, 1.54) is 30.1 Å². The van der Waals surface area contributed by atoms with Crippen LogP contribution in [0.5, 0.6) is 0 Å². The Bertz CT molecular complexity index is 226. The Morgan fingerprint density at radius 2 is 2.31 bits per heavy atom. The third kappa shape index (κ3) is 5.52. The number of hydrogen-bond acceptors (Lipinski definition) is 3. The van der Waals surface area contributed by atoms with Crippen LogP contribution in [-0.4, -0.2) is 35.1 Å². The van der Waals surface area contributed by atoms with Crippen LogP contribution in [0.25, 0.3) is 0 Å². The van der Waals surface area contributed by atoms with E-state index in [4.69, 9.17) is 0 Å². The van der Waals surface area contributed by atoms with Gasteiger partial charge in [-0.25, -0.2) is 0 Å². The molecule has 0 saturated carbocycles. The van der Waals surface area contributed by atoms with Crippen LogP contribution < -0.4 is 5.32 Å². The second-order valence-corrected chi connectivity index (χ2v) is 6.51. The van der Waals surface area contributed by atoms with Crippen LogP contribution in [-0.2, 0) is 0 Å². The van der Waals surface area contributed by atoms with E-state index in [-0.39, 0.29) is 0 Å². The lowest BCUT2D eigenvalue weighted by Crippen LogP contribution is -2.41. The first kappa shape index (κ1) is 14.3. The highest BCUT2D eigenvalue weighted by Gasteiger charge is 2.23. The Balaban J connectivity index is 2.36. The van der Waals surface area contributed by atoms with Gasteiger partial charge in [-0.3, -0.25) is 0 Å². The third-order valence-corrected chi connectivity index (χ3v) is 5.62. The summed E-state index contributed by atoms with van der Waals surface area (Å²) in [5, 5.41) is 4.49. The molecule has 0 aromatic carbocycles. The molecule has 1 aliphatic rings. The van der Waals surface area contributed by atoms with E-state index in [0.717, 1.165) is 18.2 Å². The molecular formula is C13H23NS2. The molecule has 1 fully saturated rings. The van der Waals surface area contributed by atoms with Crippen LogP contribution in [0.3, 0.4) is 0 Å². The Hall–Kier alpha value is 0.220. The molecular weight excluding hydrogens is 234 g/mol. The lowest BCUT2D eigenvalue weighted by atomic mass is 10.1. The molecule has 16 heavy (non-hydrogen) atoms. The van der Waals surface area contributed by atoms with Gasteiger partial charge in [-0.05, 0) is 26.3 Å². The summed E-state index contributed by atoms with van der Waals surface area (Å²) in [6.45, 7) is 5.31. The maximum Gasteiger partial charge on any atom is 0.0292 e. The minimum absolute atomic E-state index is 0.665. The molecule has 0 spiro atoms. The summed E-state index contributed by atoms with van der Waals surface area (Å²) in [5.74, 6) is 10.1. The van der Waals surface area contributed by atoms with Gasteiger partial charge >= 0.3 is 0 Å². The molecule has 0 aromatic rings. The van der Waals surface area contributed by atoms with Gasteiger partial charge in [0.05, 0.1) is 0 Å². The molecule has 3 heteroatoms. The lowest BCUT2D eigenvalue weighted by Gasteiger charge is -2.30. The molecule has 1 nitrogen and oxygen atoms in total. The van der Waals surface area contributed by atoms with Gasteiger partial charge in [0.25, 0.3) is 0 Å². The van der Waals surface area contributed by atoms with Crippen LogP contribution in [0.15, 0.2) is 0 Å². The average molecular weight is 257 g/mol. The molecule has 1 saturated heterocycles. The highest BCUT2D eigenvalue weighted by molar-refractivity contribution is 8.06. The van der Waals surface area contributed by atoms with Crippen molar-refractivity contribution in [1.82, 2.24) is 5.32 Å².